The summed E-state index contributed by atoms with van der Waals surface area (Å²) in [6, 6.07) is 10.6. The molecule has 1 saturated heterocycles. The second-order valence-electron chi connectivity index (χ2n) is 9.61. The summed E-state index contributed by atoms with van der Waals surface area (Å²) in [7, 11) is -2.38. The van der Waals surface area contributed by atoms with Crippen LogP contribution in [-0.4, -0.2) is 52.0 Å². The van der Waals surface area contributed by atoms with E-state index in [1.807, 2.05) is 0 Å². The smallest absolute Gasteiger partial charge is 0.246 e. The number of rotatable bonds is 8. The van der Waals surface area contributed by atoms with Crippen molar-refractivity contribution >= 4 is 15.9 Å². The number of nitrogens with zero attached hydrogens (tertiary/aromatic N) is 1. The molecular formula is C25H33FN2O5S. The summed E-state index contributed by atoms with van der Waals surface area (Å²) in [6.07, 6.45) is 0.654. The lowest BCUT2D eigenvalue weighted by Crippen LogP contribution is -2.40. The molecule has 0 aliphatic carbocycles. The first-order chi connectivity index (χ1) is 16.0. The molecule has 1 atom stereocenters. The molecule has 9 heteroatoms. The van der Waals surface area contributed by atoms with Crippen molar-refractivity contribution in [1.29, 1.82) is 0 Å². The molecular weight excluding hydrogens is 459 g/mol. The predicted octanol–water partition coefficient (Wildman–Crippen LogP) is 3.69. The maximum absolute atomic E-state index is 13.4. The number of halogens is 1. The van der Waals surface area contributed by atoms with E-state index in [-0.39, 0.29) is 53.3 Å². The van der Waals surface area contributed by atoms with Crippen LogP contribution in [0.25, 0.3) is 0 Å². The van der Waals surface area contributed by atoms with Crippen LogP contribution in [0.3, 0.4) is 0 Å². The Labute approximate surface area is 201 Å². The summed E-state index contributed by atoms with van der Waals surface area (Å²) in [6.45, 7) is 7.42. The summed E-state index contributed by atoms with van der Waals surface area (Å²) in [5.41, 5.74) is 1.29. The quantitative estimate of drug-likeness (QED) is 0.608. The normalized spacial score (nSPS) is 16.1. The maximum atomic E-state index is 13.4. The third-order valence-electron chi connectivity index (χ3n) is 5.60. The van der Waals surface area contributed by atoms with Crippen LogP contribution in [0.5, 0.6) is 5.75 Å². The van der Waals surface area contributed by atoms with E-state index in [9.17, 15) is 17.6 Å². The van der Waals surface area contributed by atoms with Crippen LogP contribution in [0.2, 0.25) is 0 Å². The molecule has 1 heterocycles. The van der Waals surface area contributed by atoms with Crippen LogP contribution in [0.4, 0.5) is 4.39 Å². The molecule has 2 aromatic carbocycles. The molecule has 0 aromatic heterocycles. The number of hydrogen-bond donors (Lipinski definition) is 1. The summed E-state index contributed by atoms with van der Waals surface area (Å²) in [5, 5.41) is 3.04. The molecule has 186 valence electrons. The van der Waals surface area contributed by atoms with Crippen molar-refractivity contribution in [2.45, 2.75) is 44.6 Å². The van der Waals surface area contributed by atoms with Gasteiger partial charge in [-0.1, -0.05) is 39.0 Å². The lowest BCUT2D eigenvalue weighted by Gasteiger charge is -2.28. The number of nitrogens with one attached hydrogen (secondary N) is 1. The van der Waals surface area contributed by atoms with Gasteiger partial charge in [-0.2, -0.15) is 4.31 Å². The molecule has 0 saturated carbocycles. The van der Waals surface area contributed by atoms with Gasteiger partial charge in [-0.25, -0.2) is 12.8 Å². The van der Waals surface area contributed by atoms with Gasteiger partial charge in [-0.3, -0.25) is 4.79 Å². The molecule has 2 aromatic rings. The number of ether oxygens (including phenoxy) is 2. The van der Waals surface area contributed by atoms with Crippen molar-refractivity contribution in [1.82, 2.24) is 9.62 Å². The van der Waals surface area contributed by atoms with E-state index in [0.717, 1.165) is 5.56 Å². The first kappa shape index (κ1) is 26.1. The zero-order valence-electron chi connectivity index (χ0n) is 20.1. The minimum Gasteiger partial charge on any atom is -0.495 e. The van der Waals surface area contributed by atoms with Crippen molar-refractivity contribution in [3.05, 3.63) is 59.4 Å². The average Bonchev–Trinajstić information content (AvgIpc) is 2.78. The topological polar surface area (TPSA) is 84.9 Å². The van der Waals surface area contributed by atoms with Gasteiger partial charge in [0.25, 0.3) is 0 Å². The highest BCUT2D eigenvalue weighted by Gasteiger charge is 2.30. The minimum absolute atomic E-state index is 0.00252. The molecule has 0 bridgehead atoms. The number of methoxy groups -OCH3 is 1. The number of amides is 1. The van der Waals surface area contributed by atoms with E-state index < -0.39 is 10.0 Å². The molecule has 1 amide bonds. The van der Waals surface area contributed by atoms with E-state index in [0.29, 0.717) is 25.2 Å². The largest absolute Gasteiger partial charge is 0.495 e. The Balaban J connectivity index is 1.81. The fourth-order valence-electron chi connectivity index (χ4n) is 3.95. The molecule has 1 aliphatic heterocycles. The van der Waals surface area contributed by atoms with Crippen LogP contribution < -0.4 is 10.1 Å². The number of hydrogen-bond acceptors (Lipinski definition) is 5. The van der Waals surface area contributed by atoms with E-state index in [2.05, 4.69) is 26.1 Å². The van der Waals surface area contributed by atoms with Crippen LogP contribution in [0.1, 0.15) is 44.4 Å². The Hall–Kier alpha value is -2.49. The Morgan fingerprint density at radius 1 is 1.15 bits per heavy atom. The van der Waals surface area contributed by atoms with Crippen LogP contribution in [0.15, 0.2) is 47.4 Å². The molecule has 0 radical (unpaired) electrons. The van der Waals surface area contributed by atoms with Gasteiger partial charge in [0.1, 0.15) is 16.5 Å². The first-order valence-electron chi connectivity index (χ1n) is 11.3. The molecule has 1 aliphatic rings. The van der Waals surface area contributed by atoms with Gasteiger partial charge in [0.15, 0.2) is 0 Å². The van der Waals surface area contributed by atoms with Crippen molar-refractivity contribution in [3.8, 4) is 5.75 Å². The third-order valence-corrected chi connectivity index (χ3v) is 7.52. The molecule has 7 nitrogen and oxygen atoms in total. The van der Waals surface area contributed by atoms with Crippen LogP contribution in [0, 0.1) is 11.2 Å². The molecule has 1 fully saturated rings. The van der Waals surface area contributed by atoms with Crippen molar-refractivity contribution in [2.75, 3.05) is 33.4 Å². The Morgan fingerprint density at radius 2 is 1.79 bits per heavy atom. The predicted molar refractivity (Wildman–Crippen MR) is 128 cm³/mol. The van der Waals surface area contributed by atoms with Crippen LogP contribution >= 0.6 is 0 Å². The highest BCUT2D eigenvalue weighted by Crippen LogP contribution is 2.31. The molecule has 3 rings (SSSR count). The van der Waals surface area contributed by atoms with Gasteiger partial charge in [-0.05, 0) is 47.2 Å². The lowest BCUT2D eigenvalue weighted by molar-refractivity contribution is -0.121. The molecule has 1 N–H and O–H groups in total. The van der Waals surface area contributed by atoms with E-state index in [1.165, 1.54) is 29.6 Å². The van der Waals surface area contributed by atoms with Crippen molar-refractivity contribution in [2.24, 2.45) is 5.41 Å². The molecule has 1 unspecified atom stereocenters. The van der Waals surface area contributed by atoms with Crippen LogP contribution in [-0.2, 0) is 26.0 Å². The summed E-state index contributed by atoms with van der Waals surface area (Å²) in [4.78, 5) is 13.0. The highest BCUT2D eigenvalue weighted by atomic mass is 32.2. The average molecular weight is 493 g/mol. The Morgan fingerprint density at radius 3 is 2.38 bits per heavy atom. The summed E-state index contributed by atoms with van der Waals surface area (Å²) < 4.78 is 51.8. The highest BCUT2D eigenvalue weighted by molar-refractivity contribution is 7.89. The third kappa shape index (κ3) is 6.77. The zero-order chi connectivity index (χ0) is 24.9. The summed E-state index contributed by atoms with van der Waals surface area (Å²) in [5.74, 6) is -0.358. The number of carbonyl (C=O) groups is 1. The Kier molecular flexibility index (Phi) is 8.33. The van der Waals surface area contributed by atoms with Crippen molar-refractivity contribution < 1.29 is 27.1 Å². The van der Waals surface area contributed by atoms with Gasteiger partial charge in [-0.15, -0.1) is 0 Å². The van der Waals surface area contributed by atoms with Gasteiger partial charge in [0.05, 0.1) is 32.8 Å². The lowest BCUT2D eigenvalue weighted by atomic mass is 9.85. The van der Waals surface area contributed by atoms with E-state index >= 15 is 0 Å². The van der Waals surface area contributed by atoms with E-state index in [1.54, 1.807) is 24.3 Å². The SMILES string of the molecule is COc1ccc(CC(=O)NC(CC(C)(C)C)c2ccc(F)cc2)cc1S(=O)(=O)N1CCOCC1. The van der Waals surface area contributed by atoms with Gasteiger partial charge in [0, 0.05) is 13.1 Å². The Bertz CT molecular complexity index is 1090. The summed E-state index contributed by atoms with van der Waals surface area (Å²) >= 11 is 0. The second kappa shape index (κ2) is 10.8. The monoisotopic (exact) mass is 492 g/mol. The maximum Gasteiger partial charge on any atom is 0.246 e. The number of benzene rings is 2. The fraction of sp³-hybridized carbons (Fsp3) is 0.480. The van der Waals surface area contributed by atoms with Gasteiger partial charge >= 0.3 is 0 Å². The minimum atomic E-state index is -3.80. The second-order valence-corrected chi connectivity index (χ2v) is 11.5. The van der Waals surface area contributed by atoms with Gasteiger partial charge in [0.2, 0.25) is 15.9 Å². The number of sulfonamides is 1. The van der Waals surface area contributed by atoms with Gasteiger partial charge < -0.3 is 14.8 Å². The molecule has 34 heavy (non-hydrogen) atoms. The molecule has 0 spiro atoms. The number of carbonyl (C=O) groups excluding carboxylic acids is 1. The zero-order valence-corrected chi connectivity index (χ0v) is 21.0. The number of morpholine rings is 1. The van der Waals surface area contributed by atoms with Crippen molar-refractivity contribution in [3.63, 3.8) is 0 Å². The first-order valence-corrected chi connectivity index (χ1v) is 12.7. The van der Waals surface area contributed by atoms with E-state index in [4.69, 9.17) is 9.47 Å². The standard InChI is InChI=1S/C25H33FN2O5S/c1-25(2,3)17-21(19-6-8-20(26)9-7-19)27-24(29)16-18-5-10-22(32-4)23(15-18)34(30,31)28-11-13-33-14-12-28/h5-10,15,21H,11-14,16-17H2,1-4H3,(H,27,29). The fourth-order valence-corrected chi connectivity index (χ4v) is 5.56.